The van der Waals surface area contributed by atoms with E-state index in [1.165, 1.54) is 12.1 Å². The van der Waals surface area contributed by atoms with E-state index in [1.807, 2.05) is 30.3 Å². The van der Waals surface area contributed by atoms with E-state index < -0.39 is 6.61 Å². The SMILES string of the molecule is CN=C(NCc1coc(-c2ccccc2)n1)NCc1cc(Cl)ccc1OC(F)F. The third-order valence-corrected chi connectivity index (χ3v) is 4.15. The Kier molecular flexibility index (Phi) is 7.02. The highest BCUT2D eigenvalue weighted by molar-refractivity contribution is 6.30. The van der Waals surface area contributed by atoms with Gasteiger partial charge in [0.2, 0.25) is 5.89 Å². The van der Waals surface area contributed by atoms with Crippen LogP contribution in [0.1, 0.15) is 11.3 Å². The lowest BCUT2D eigenvalue weighted by molar-refractivity contribution is -0.0504. The molecule has 1 aromatic heterocycles. The van der Waals surface area contributed by atoms with Crippen molar-refractivity contribution >= 4 is 17.6 Å². The second-order valence-corrected chi connectivity index (χ2v) is 6.36. The lowest BCUT2D eigenvalue weighted by Crippen LogP contribution is -2.36. The van der Waals surface area contributed by atoms with Gasteiger partial charge in [0.25, 0.3) is 0 Å². The summed E-state index contributed by atoms with van der Waals surface area (Å²) in [5.41, 5.74) is 2.05. The number of nitrogens with zero attached hydrogens (tertiary/aromatic N) is 2. The molecule has 2 aromatic carbocycles. The van der Waals surface area contributed by atoms with Crippen LogP contribution in [-0.2, 0) is 13.1 Å². The summed E-state index contributed by atoms with van der Waals surface area (Å²) in [6.45, 7) is -2.36. The quantitative estimate of drug-likeness (QED) is 0.436. The van der Waals surface area contributed by atoms with E-state index in [2.05, 4.69) is 25.3 Å². The van der Waals surface area contributed by atoms with Gasteiger partial charge in [-0.05, 0) is 30.3 Å². The lowest BCUT2D eigenvalue weighted by atomic mass is 10.2. The molecule has 6 nitrogen and oxygen atoms in total. The fourth-order valence-corrected chi connectivity index (χ4v) is 2.77. The van der Waals surface area contributed by atoms with E-state index in [1.54, 1.807) is 19.4 Å². The van der Waals surface area contributed by atoms with Crippen molar-refractivity contribution in [2.75, 3.05) is 7.05 Å². The number of guanidine groups is 1. The van der Waals surface area contributed by atoms with Gasteiger partial charge < -0.3 is 19.8 Å². The van der Waals surface area contributed by atoms with Crippen LogP contribution in [0.15, 0.2) is 64.2 Å². The smallest absolute Gasteiger partial charge is 0.387 e. The zero-order chi connectivity index (χ0) is 20.6. The third-order valence-electron chi connectivity index (χ3n) is 3.92. The zero-order valence-electron chi connectivity index (χ0n) is 15.5. The first-order chi connectivity index (χ1) is 14.0. The topological polar surface area (TPSA) is 71.7 Å². The van der Waals surface area contributed by atoms with Crippen molar-refractivity contribution in [3.05, 3.63) is 71.1 Å². The number of halogens is 3. The molecule has 1 heterocycles. The van der Waals surface area contributed by atoms with Crippen LogP contribution in [0.4, 0.5) is 8.78 Å². The normalized spacial score (nSPS) is 11.6. The minimum Gasteiger partial charge on any atom is -0.444 e. The number of hydrogen-bond acceptors (Lipinski definition) is 4. The van der Waals surface area contributed by atoms with Crippen LogP contribution >= 0.6 is 11.6 Å². The molecule has 0 radical (unpaired) electrons. The van der Waals surface area contributed by atoms with Gasteiger partial charge >= 0.3 is 6.61 Å². The van der Waals surface area contributed by atoms with Crippen molar-refractivity contribution in [3.63, 3.8) is 0 Å². The zero-order valence-corrected chi connectivity index (χ0v) is 16.3. The molecule has 0 amide bonds. The minimum absolute atomic E-state index is 0.0522. The summed E-state index contributed by atoms with van der Waals surface area (Å²) < 4.78 is 35.2. The summed E-state index contributed by atoms with van der Waals surface area (Å²) >= 11 is 5.96. The van der Waals surface area contributed by atoms with E-state index >= 15 is 0 Å². The minimum atomic E-state index is -2.92. The predicted molar refractivity (Wildman–Crippen MR) is 107 cm³/mol. The van der Waals surface area contributed by atoms with Gasteiger partial charge in [-0.15, -0.1) is 0 Å². The maximum atomic E-state index is 12.6. The van der Waals surface area contributed by atoms with Crippen LogP contribution in [0.5, 0.6) is 5.75 Å². The number of aliphatic imine (C=N–C) groups is 1. The second kappa shape index (κ2) is 9.88. The van der Waals surface area contributed by atoms with Gasteiger partial charge in [-0.1, -0.05) is 29.8 Å². The molecular formula is C20H19ClF2N4O2. The molecule has 152 valence electrons. The molecule has 0 spiro atoms. The van der Waals surface area contributed by atoms with Crippen LogP contribution in [0.3, 0.4) is 0 Å². The fraction of sp³-hybridized carbons (Fsp3) is 0.200. The van der Waals surface area contributed by atoms with Crippen molar-refractivity contribution < 1.29 is 17.9 Å². The molecule has 0 fully saturated rings. The Morgan fingerprint density at radius 2 is 1.93 bits per heavy atom. The monoisotopic (exact) mass is 420 g/mol. The Morgan fingerprint density at radius 3 is 2.66 bits per heavy atom. The van der Waals surface area contributed by atoms with Crippen molar-refractivity contribution in [3.8, 4) is 17.2 Å². The summed E-state index contributed by atoms with van der Waals surface area (Å²) in [5.74, 6) is 1.03. The molecule has 0 saturated carbocycles. The Balaban J connectivity index is 1.58. The molecule has 0 bridgehead atoms. The van der Waals surface area contributed by atoms with E-state index in [9.17, 15) is 8.78 Å². The molecule has 9 heteroatoms. The first-order valence-electron chi connectivity index (χ1n) is 8.72. The molecule has 0 saturated heterocycles. The van der Waals surface area contributed by atoms with Gasteiger partial charge in [-0.2, -0.15) is 8.78 Å². The lowest BCUT2D eigenvalue weighted by Gasteiger charge is -2.14. The molecule has 0 unspecified atom stereocenters. The van der Waals surface area contributed by atoms with E-state index in [0.717, 1.165) is 5.56 Å². The number of nitrogens with one attached hydrogen (secondary N) is 2. The summed E-state index contributed by atoms with van der Waals surface area (Å²) in [7, 11) is 1.60. The number of aromatic nitrogens is 1. The van der Waals surface area contributed by atoms with Crippen LogP contribution in [0, 0.1) is 0 Å². The molecule has 3 aromatic rings. The summed E-state index contributed by atoms with van der Waals surface area (Å²) in [4.78, 5) is 8.54. The summed E-state index contributed by atoms with van der Waals surface area (Å²) in [5, 5.41) is 6.54. The Morgan fingerprint density at radius 1 is 1.17 bits per heavy atom. The fourth-order valence-electron chi connectivity index (χ4n) is 2.57. The van der Waals surface area contributed by atoms with Gasteiger partial charge in [0.05, 0.1) is 12.2 Å². The number of benzene rings is 2. The first-order valence-corrected chi connectivity index (χ1v) is 9.10. The van der Waals surface area contributed by atoms with Crippen LogP contribution < -0.4 is 15.4 Å². The highest BCUT2D eigenvalue weighted by Crippen LogP contribution is 2.24. The standard InChI is InChI=1S/C20H19ClF2N4O2/c1-24-20(25-10-14-9-15(21)7-8-17(14)29-19(22)23)26-11-16-12-28-18(27-16)13-5-3-2-4-6-13/h2-9,12,19H,10-11H2,1H3,(H2,24,25,26). The Labute approximate surface area is 171 Å². The van der Waals surface area contributed by atoms with Gasteiger partial charge in [0.1, 0.15) is 12.0 Å². The highest BCUT2D eigenvalue weighted by Gasteiger charge is 2.11. The van der Waals surface area contributed by atoms with Gasteiger partial charge in [0, 0.05) is 29.7 Å². The van der Waals surface area contributed by atoms with Crippen molar-refractivity contribution in [1.82, 2.24) is 15.6 Å². The first kappa shape index (κ1) is 20.6. The van der Waals surface area contributed by atoms with Gasteiger partial charge in [-0.25, -0.2) is 4.98 Å². The van der Waals surface area contributed by atoms with E-state index in [4.69, 9.17) is 16.0 Å². The Bertz CT molecular complexity index is 964. The molecule has 29 heavy (non-hydrogen) atoms. The number of rotatable bonds is 7. The molecule has 0 aliphatic heterocycles. The average molecular weight is 421 g/mol. The molecule has 3 rings (SSSR count). The molecule has 2 N–H and O–H groups in total. The number of hydrogen-bond donors (Lipinski definition) is 2. The van der Waals surface area contributed by atoms with Gasteiger partial charge in [0.15, 0.2) is 5.96 Å². The highest BCUT2D eigenvalue weighted by atomic mass is 35.5. The predicted octanol–water partition coefficient (Wildman–Crippen LogP) is 4.46. The maximum absolute atomic E-state index is 12.6. The van der Waals surface area contributed by atoms with E-state index in [-0.39, 0.29) is 12.3 Å². The number of alkyl halides is 2. The number of oxazole rings is 1. The third kappa shape index (κ3) is 5.92. The second-order valence-electron chi connectivity index (χ2n) is 5.92. The maximum Gasteiger partial charge on any atom is 0.387 e. The van der Waals surface area contributed by atoms with Crippen molar-refractivity contribution in [2.24, 2.45) is 4.99 Å². The molecular weight excluding hydrogens is 402 g/mol. The largest absolute Gasteiger partial charge is 0.444 e. The van der Waals surface area contributed by atoms with E-state index in [0.29, 0.717) is 34.7 Å². The number of ether oxygens (including phenoxy) is 1. The summed E-state index contributed by atoms with van der Waals surface area (Å²) in [6, 6.07) is 14.0. The Hall–Kier alpha value is -3.13. The van der Waals surface area contributed by atoms with Crippen molar-refractivity contribution in [2.45, 2.75) is 19.7 Å². The van der Waals surface area contributed by atoms with Crippen LogP contribution in [0.25, 0.3) is 11.5 Å². The van der Waals surface area contributed by atoms with Crippen LogP contribution in [0.2, 0.25) is 5.02 Å². The van der Waals surface area contributed by atoms with Gasteiger partial charge in [-0.3, -0.25) is 4.99 Å². The van der Waals surface area contributed by atoms with Crippen molar-refractivity contribution in [1.29, 1.82) is 0 Å². The molecule has 0 aliphatic rings. The van der Waals surface area contributed by atoms with Crippen LogP contribution in [-0.4, -0.2) is 24.6 Å². The molecule has 0 atom stereocenters. The summed E-state index contributed by atoms with van der Waals surface area (Å²) in [6.07, 6.45) is 1.56. The average Bonchev–Trinajstić information content (AvgIpc) is 3.19. The molecule has 0 aliphatic carbocycles.